The minimum absolute atomic E-state index is 0.111. The van der Waals surface area contributed by atoms with Crippen molar-refractivity contribution in [3.05, 3.63) is 51.4 Å². The lowest BCUT2D eigenvalue weighted by atomic mass is 10.1. The molecule has 1 atom stereocenters. The van der Waals surface area contributed by atoms with E-state index in [4.69, 9.17) is 0 Å². The highest BCUT2D eigenvalue weighted by atomic mass is 32.2. The fraction of sp³-hybridized carbons (Fsp3) is 0.421. The normalized spacial score (nSPS) is 12.0. The number of anilines is 1. The van der Waals surface area contributed by atoms with Crippen LogP contribution in [0.1, 0.15) is 43.5 Å². The average molecular weight is 359 g/mol. The van der Waals surface area contributed by atoms with E-state index >= 15 is 0 Å². The monoisotopic (exact) mass is 359 g/mol. The van der Waals surface area contributed by atoms with Gasteiger partial charge in [0.05, 0.1) is 5.25 Å². The Morgan fingerprint density at radius 1 is 1.36 bits per heavy atom. The Balaban J connectivity index is 2.07. The first kappa shape index (κ1) is 19.2. The SMILES string of the molecule is CCCCc1cc(=O)[nH]c(SC(C)C(=O)Nc2cccc(C)c2C)n1. The van der Waals surface area contributed by atoms with Gasteiger partial charge in [0.1, 0.15) is 0 Å². The lowest BCUT2D eigenvalue weighted by Crippen LogP contribution is -2.24. The second-order valence-electron chi connectivity index (χ2n) is 6.14. The van der Waals surface area contributed by atoms with Crippen molar-refractivity contribution in [1.29, 1.82) is 0 Å². The van der Waals surface area contributed by atoms with Crippen molar-refractivity contribution in [1.82, 2.24) is 9.97 Å². The third-order valence-corrected chi connectivity index (χ3v) is 5.06. The van der Waals surface area contributed by atoms with E-state index in [1.54, 1.807) is 0 Å². The van der Waals surface area contributed by atoms with Gasteiger partial charge in [-0.25, -0.2) is 4.98 Å². The maximum absolute atomic E-state index is 12.5. The molecule has 0 bridgehead atoms. The summed E-state index contributed by atoms with van der Waals surface area (Å²) in [5, 5.41) is 3.07. The number of amides is 1. The number of hydrogen-bond acceptors (Lipinski definition) is 4. The standard InChI is InChI=1S/C19H25N3O2S/c1-5-6-9-15-11-17(23)22-19(20-15)25-14(4)18(24)21-16-10-7-8-12(2)13(16)3/h7-8,10-11,14H,5-6,9H2,1-4H3,(H,21,24)(H,20,22,23). The minimum Gasteiger partial charge on any atom is -0.325 e. The van der Waals surface area contributed by atoms with Crippen molar-refractivity contribution in [2.75, 3.05) is 5.32 Å². The van der Waals surface area contributed by atoms with Gasteiger partial charge in [-0.05, 0) is 50.8 Å². The van der Waals surface area contributed by atoms with E-state index in [-0.39, 0.29) is 16.7 Å². The second kappa shape index (κ2) is 8.85. The van der Waals surface area contributed by atoms with Gasteiger partial charge in [0.15, 0.2) is 5.16 Å². The number of aromatic amines is 1. The molecular weight excluding hydrogens is 334 g/mol. The van der Waals surface area contributed by atoms with Gasteiger partial charge in [0.2, 0.25) is 5.91 Å². The fourth-order valence-electron chi connectivity index (χ4n) is 2.37. The van der Waals surface area contributed by atoms with Crippen molar-refractivity contribution in [2.45, 2.75) is 57.4 Å². The quantitative estimate of drug-likeness (QED) is 0.582. The Morgan fingerprint density at radius 2 is 2.12 bits per heavy atom. The van der Waals surface area contributed by atoms with E-state index in [9.17, 15) is 9.59 Å². The van der Waals surface area contributed by atoms with Gasteiger partial charge < -0.3 is 10.3 Å². The van der Waals surface area contributed by atoms with Crippen molar-refractivity contribution >= 4 is 23.4 Å². The number of benzene rings is 1. The summed E-state index contributed by atoms with van der Waals surface area (Å²) in [5.41, 5.74) is 3.60. The molecule has 1 aromatic carbocycles. The first-order chi connectivity index (χ1) is 11.9. The Bertz CT molecular complexity index is 801. The number of unbranched alkanes of at least 4 members (excludes halogenated alkanes) is 1. The van der Waals surface area contributed by atoms with Crippen molar-refractivity contribution in [3.8, 4) is 0 Å². The number of rotatable bonds is 7. The molecule has 0 fully saturated rings. The molecule has 2 aromatic rings. The molecule has 1 aromatic heterocycles. The lowest BCUT2D eigenvalue weighted by molar-refractivity contribution is -0.115. The number of thioether (sulfide) groups is 1. The summed E-state index contributed by atoms with van der Waals surface area (Å²) < 4.78 is 0. The molecule has 0 radical (unpaired) electrons. The first-order valence-electron chi connectivity index (χ1n) is 8.54. The van der Waals surface area contributed by atoms with Crippen LogP contribution in [0.25, 0.3) is 0 Å². The van der Waals surface area contributed by atoms with Crippen LogP contribution in [0.3, 0.4) is 0 Å². The molecule has 1 unspecified atom stereocenters. The summed E-state index contributed by atoms with van der Waals surface area (Å²) in [6.07, 6.45) is 2.81. The number of nitrogens with zero attached hydrogens (tertiary/aromatic N) is 1. The third-order valence-electron chi connectivity index (χ3n) is 4.08. The summed E-state index contributed by atoms with van der Waals surface area (Å²) >= 11 is 1.26. The van der Waals surface area contributed by atoms with E-state index in [0.29, 0.717) is 5.16 Å². The Kier molecular flexibility index (Phi) is 6.82. The van der Waals surface area contributed by atoms with Crippen molar-refractivity contribution in [3.63, 3.8) is 0 Å². The number of hydrogen-bond donors (Lipinski definition) is 2. The molecule has 0 saturated heterocycles. The predicted octanol–water partition coefficient (Wildman–Crippen LogP) is 3.85. The van der Waals surface area contributed by atoms with Crippen LogP contribution in [0, 0.1) is 13.8 Å². The summed E-state index contributed by atoms with van der Waals surface area (Å²) in [7, 11) is 0. The fourth-order valence-corrected chi connectivity index (χ4v) is 3.20. The summed E-state index contributed by atoms with van der Waals surface area (Å²) in [6.45, 7) is 7.91. The molecule has 25 heavy (non-hydrogen) atoms. The van der Waals surface area contributed by atoms with E-state index in [0.717, 1.165) is 41.8 Å². The van der Waals surface area contributed by atoms with Gasteiger partial charge in [-0.15, -0.1) is 0 Å². The number of nitrogens with one attached hydrogen (secondary N) is 2. The zero-order chi connectivity index (χ0) is 18.4. The maximum atomic E-state index is 12.5. The smallest absolute Gasteiger partial charge is 0.251 e. The molecule has 0 aliphatic rings. The molecule has 0 aliphatic heterocycles. The number of aryl methyl sites for hydroxylation is 2. The van der Waals surface area contributed by atoms with Gasteiger partial charge in [-0.2, -0.15) is 0 Å². The van der Waals surface area contributed by atoms with Crippen LogP contribution in [-0.4, -0.2) is 21.1 Å². The van der Waals surface area contributed by atoms with Gasteiger partial charge in [0, 0.05) is 17.4 Å². The zero-order valence-corrected chi connectivity index (χ0v) is 16.0. The predicted molar refractivity (Wildman–Crippen MR) is 103 cm³/mol. The topological polar surface area (TPSA) is 74.8 Å². The number of H-pyrrole nitrogens is 1. The Morgan fingerprint density at radius 3 is 2.84 bits per heavy atom. The van der Waals surface area contributed by atoms with E-state index in [1.165, 1.54) is 17.8 Å². The molecule has 6 heteroatoms. The number of carbonyl (C=O) groups excluding carboxylic acids is 1. The summed E-state index contributed by atoms with van der Waals surface area (Å²) in [4.78, 5) is 31.4. The van der Waals surface area contributed by atoms with Crippen LogP contribution in [0.15, 0.2) is 34.2 Å². The highest BCUT2D eigenvalue weighted by Crippen LogP contribution is 2.22. The van der Waals surface area contributed by atoms with Crippen LogP contribution < -0.4 is 10.9 Å². The van der Waals surface area contributed by atoms with Gasteiger partial charge >= 0.3 is 0 Å². The molecule has 0 spiro atoms. The Hall–Kier alpha value is -2.08. The van der Waals surface area contributed by atoms with Gasteiger partial charge in [-0.1, -0.05) is 37.2 Å². The third kappa shape index (κ3) is 5.46. The molecule has 0 saturated carbocycles. The van der Waals surface area contributed by atoms with Gasteiger partial charge in [0.25, 0.3) is 5.56 Å². The average Bonchev–Trinajstić information content (AvgIpc) is 2.56. The molecule has 2 rings (SSSR count). The molecular formula is C19H25N3O2S. The number of aromatic nitrogens is 2. The molecule has 1 heterocycles. The lowest BCUT2D eigenvalue weighted by Gasteiger charge is -2.14. The van der Waals surface area contributed by atoms with Crippen LogP contribution in [-0.2, 0) is 11.2 Å². The number of carbonyl (C=O) groups is 1. The molecule has 0 aliphatic carbocycles. The molecule has 5 nitrogen and oxygen atoms in total. The summed E-state index contributed by atoms with van der Waals surface area (Å²) in [5.74, 6) is -0.111. The van der Waals surface area contributed by atoms with Crippen LogP contribution in [0.5, 0.6) is 0 Å². The Labute approximate surface area is 152 Å². The molecule has 1 amide bonds. The minimum atomic E-state index is -0.371. The highest BCUT2D eigenvalue weighted by molar-refractivity contribution is 8.00. The van der Waals surface area contributed by atoms with E-state index in [1.807, 2.05) is 39.0 Å². The highest BCUT2D eigenvalue weighted by Gasteiger charge is 2.17. The summed E-state index contributed by atoms with van der Waals surface area (Å²) in [6, 6.07) is 7.36. The first-order valence-corrected chi connectivity index (χ1v) is 9.42. The van der Waals surface area contributed by atoms with Gasteiger partial charge in [-0.3, -0.25) is 9.59 Å². The molecule has 2 N–H and O–H groups in total. The van der Waals surface area contributed by atoms with E-state index in [2.05, 4.69) is 22.2 Å². The second-order valence-corrected chi connectivity index (χ2v) is 7.47. The molecule has 134 valence electrons. The largest absolute Gasteiger partial charge is 0.325 e. The van der Waals surface area contributed by atoms with Crippen LogP contribution in [0.2, 0.25) is 0 Å². The van der Waals surface area contributed by atoms with Crippen LogP contribution in [0.4, 0.5) is 5.69 Å². The maximum Gasteiger partial charge on any atom is 0.251 e. The zero-order valence-electron chi connectivity index (χ0n) is 15.2. The van der Waals surface area contributed by atoms with Crippen molar-refractivity contribution < 1.29 is 4.79 Å². The van der Waals surface area contributed by atoms with Crippen LogP contribution >= 0.6 is 11.8 Å². The van der Waals surface area contributed by atoms with E-state index < -0.39 is 0 Å². The van der Waals surface area contributed by atoms with Crippen molar-refractivity contribution in [2.24, 2.45) is 0 Å².